The number of imidazole rings is 1. The van der Waals surface area contributed by atoms with E-state index in [1.54, 1.807) is 11.7 Å². The van der Waals surface area contributed by atoms with Crippen LogP contribution in [0.3, 0.4) is 0 Å². The molecule has 2 aromatic rings. The number of benzene rings is 1. The van der Waals surface area contributed by atoms with E-state index in [0.717, 1.165) is 12.1 Å². The van der Waals surface area contributed by atoms with Crippen LogP contribution >= 0.6 is 0 Å². The lowest BCUT2D eigenvalue weighted by Crippen LogP contribution is -2.14. The Kier molecular flexibility index (Phi) is 3.89. The minimum Gasteiger partial charge on any atom is -0.384 e. The first-order chi connectivity index (χ1) is 9.32. The quantitative estimate of drug-likeness (QED) is 0.940. The topological polar surface area (TPSA) is 53.1 Å². The molecule has 20 heavy (non-hydrogen) atoms. The number of methoxy groups -OCH3 is 1. The minimum atomic E-state index is -4.38. The van der Waals surface area contributed by atoms with E-state index in [2.05, 4.69) is 4.98 Å². The van der Waals surface area contributed by atoms with E-state index < -0.39 is 11.7 Å². The Hall–Kier alpha value is -1.76. The molecule has 0 aliphatic carbocycles. The second-order valence-corrected chi connectivity index (χ2v) is 4.84. The van der Waals surface area contributed by atoms with Gasteiger partial charge in [0.2, 0.25) is 5.95 Å². The third kappa shape index (κ3) is 2.87. The molecule has 0 radical (unpaired) electrons. The minimum absolute atomic E-state index is 0.182. The highest BCUT2D eigenvalue weighted by atomic mass is 19.4. The van der Waals surface area contributed by atoms with Crippen LogP contribution in [-0.4, -0.2) is 23.3 Å². The summed E-state index contributed by atoms with van der Waals surface area (Å²) in [5.41, 5.74) is 5.91. The summed E-state index contributed by atoms with van der Waals surface area (Å²) in [6.07, 6.45) is -4.38. The van der Waals surface area contributed by atoms with Gasteiger partial charge in [-0.25, -0.2) is 4.98 Å². The van der Waals surface area contributed by atoms with Gasteiger partial charge in [-0.15, -0.1) is 0 Å². The highest BCUT2D eigenvalue weighted by Crippen LogP contribution is 2.32. The van der Waals surface area contributed by atoms with E-state index in [-0.39, 0.29) is 17.4 Å². The predicted octanol–water partition coefficient (Wildman–Crippen LogP) is 2.92. The third-order valence-electron chi connectivity index (χ3n) is 3.05. The average molecular weight is 287 g/mol. The second-order valence-electron chi connectivity index (χ2n) is 4.84. The van der Waals surface area contributed by atoms with E-state index in [9.17, 15) is 13.2 Å². The van der Waals surface area contributed by atoms with Crippen molar-refractivity contribution in [1.82, 2.24) is 9.55 Å². The molecular weight excluding hydrogens is 271 g/mol. The number of hydrogen-bond acceptors (Lipinski definition) is 3. The van der Waals surface area contributed by atoms with Gasteiger partial charge >= 0.3 is 6.18 Å². The first-order valence-corrected chi connectivity index (χ1v) is 6.15. The SMILES string of the molecule is COCC(C)Cn1c(N)nc2cc(C(F)(F)F)ccc21. The molecular formula is C13H16F3N3O. The lowest BCUT2D eigenvalue weighted by Gasteiger charge is -2.13. The Bertz CT molecular complexity index is 607. The van der Waals surface area contributed by atoms with Crippen LogP contribution in [0.5, 0.6) is 0 Å². The lowest BCUT2D eigenvalue weighted by molar-refractivity contribution is -0.137. The van der Waals surface area contributed by atoms with Crippen molar-refractivity contribution in [2.24, 2.45) is 5.92 Å². The fraction of sp³-hybridized carbons (Fsp3) is 0.462. The van der Waals surface area contributed by atoms with Crippen molar-refractivity contribution >= 4 is 17.0 Å². The summed E-state index contributed by atoms with van der Waals surface area (Å²) in [4.78, 5) is 4.00. The maximum absolute atomic E-state index is 12.7. The maximum Gasteiger partial charge on any atom is 0.416 e. The molecule has 1 aromatic carbocycles. The fourth-order valence-electron chi connectivity index (χ4n) is 2.17. The molecule has 1 unspecified atom stereocenters. The summed E-state index contributed by atoms with van der Waals surface area (Å²) in [5, 5.41) is 0. The van der Waals surface area contributed by atoms with Gasteiger partial charge in [0.1, 0.15) is 0 Å². The molecule has 4 nitrogen and oxygen atoms in total. The van der Waals surface area contributed by atoms with E-state index >= 15 is 0 Å². The molecule has 1 heterocycles. The number of alkyl halides is 3. The largest absolute Gasteiger partial charge is 0.416 e. The van der Waals surface area contributed by atoms with Crippen molar-refractivity contribution in [3.8, 4) is 0 Å². The van der Waals surface area contributed by atoms with E-state index in [0.29, 0.717) is 18.7 Å². The number of hydrogen-bond donors (Lipinski definition) is 1. The molecule has 0 saturated carbocycles. The van der Waals surface area contributed by atoms with E-state index in [4.69, 9.17) is 10.5 Å². The number of fused-ring (bicyclic) bond motifs is 1. The lowest BCUT2D eigenvalue weighted by atomic mass is 10.1. The first kappa shape index (κ1) is 14.6. The Labute approximate surface area is 114 Å². The maximum atomic E-state index is 12.7. The molecule has 0 aliphatic rings. The number of anilines is 1. The highest BCUT2D eigenvalue weighted by molar-refractivity contribution is 5.79. The molecule has 0 bridgehead atoms. The Morgan fingerprint density at radius 1 is 1.40 bits per heavy atom. The molecule has 1 aromatic heterocycles. The number of nitrogens with zero attached hydrogens (tertiary/aromatic N) is 2. The first-order valence-electron chi connectivity index (χ1n) is 6.15. The van der Waals surface area contributed by atoms with Crippen LogP contribution in [0.15, 0.2) is 18.2 Å². The van der Waals surface area contributed by atoms with Crippen LogP contribution in [0.25, 0.3) is 11.0 Å². The van der Waals surface area contributed by atoms with Crippen LogP contribution < -0.4 is 5.73 Å². The predicted molar refractivity (Wildman–Crippen MR) is 70.2 cm³/mol. The van der Waals surface area contributed by atoms with Crippen molar-refractivity contribution < 1.29 is 17.9 Å². The summed E-state index contributed by atoms with van der Waals surface area (Å²) in [6.45, 7) is 3.06. The number of ether oxygens (including phenoxy) is 1. The molecule has 2 rings (SSSR count). The van der Waals surface area contributed by atoms with Gasteiger partial charge in [0.25, 0.3) is 0 Å². The molecule has 0 amide bonds. The number of nitrogen functional groups attached to an aromatic ring is 1. The number of aromatic nitrogens is 2. The summed E-state index contributed by atoms with van der Waals surface area (Å²) in [7, 11) is 1.60. The van der Waals surface area contributed by atoms with Crippen molar-refractivity contribution in [2.45, 2.75) is 19.6 Å². The van der Waals surface area contributed by atoms with Crippen LogP contribution in [-0.2, 0) is 17.5 Å². The van der Waals surface area contributed by atoms with E-state index in [1.807, 2.05) is 6.92 Å². The zero-order valence-electron chi connectivity index (χ0n) is 11.2. The number of rotatable bonds is 4. The van der Waals surface area contributed by atoms with Gasteiger partial charge < -0.3 is 15.0 Å². The molecule has 0 spiro atoms. The van der Waals surface area contributed by atoms with Gasteiger partial charge in [0.15, 0.2) is 0 Å². The van der Waals surface area contributed by atoms with Crippen LogP contribution in [0.4, 0.5) is 19.1 Å². The molecule has 1 atom stereocenters. The summed E-state index contributed by atoms with van der Waals surface area (Å²) in [5.74, 6) is 0.393. The Morgan fingerprint density at radius 3 is 2.70 bits per heavy atom. The smallest absolute Gasteiger partial charge is 0.384 e. The van der Waals surface area contributed by atoms with Gasteiger partial charge in [-0.2, -0.15) is 13.2 Å². The van der Waals surface area contributed by atoms with Crippen molar-refractivity contribution in [1.29, 1.82) is 0 Å². The van der Waals surface area contributed by atoms with Gasteiger partial charge in [-0.1, -0.05) is 6.92 Å². The fourth-order valence-corrected chi connectivity index (χ4v) is 2.17. The van der Waals surface area contributed by atoms with Crippen molar-refractivity contribution in [2.75, 3.05) is 19.5 Å². The molecule has 110 valence electrons. The van der Waals surface area contributed by atoms with Crippen LogP contribution in [0.1, 0.15) is 12.5 Å². The standard InChI is InChI=1S/C13H16F3N3O/c1-8(7-20-2)6-19-11-4-3-9(13(14,15)16)5-10(11)18-12(19)17/h3-5,8H,6-7H2,1-2H3,(H2,17,18). The average Bonchev–Trinajstić information content (AvgIpc) is 2.64. The molecule has 0 fully saturated rings. The number of halogens is 3. The third-order valence-corrected chi connectivity index (χ3v) is 3.05. The zero-order valence-corrected chi connectivity index (χ0v) is 11.2. The van der Waals surface area contributed by atoms with Crippen LogP contribution in [0.2, 0.25) is 0 Å². The Morgan fingerprint density at radius 2 is 2.10 bits per heavy atom. The van der Waals surface area contributed by atoms with E-state index in [1.165, 1.54) is 6.07 Å². The molecule has 2 N–H and O–H groups in total. The van der Waals surface area contributed by atoms with Crippen LogP contribution in [0, 0.1) is 5.92 Å². The summed E-state index contributed by atoms with van der Waals surface area (Å²) < 4.78 is 44.7. The van der Waals surface area contributed by atoms with Gasteiger partial charge in [-0.3, -0.25) is 0 Å². The van der Waals surface area contributed by atoms with Gasteiger partial charge in [0.05, 0.1) is 23.2 Å². The van der Waals surface area contributed by atoms with Crippen molar-refractivity contribution in [3.05, 3.63) is 23.8 Å². The summed E-state index contributed by atoms with van der Waals surface area (Å²) in [6, 6.07) is 3.46. The monoisotopic (exact) mass is 287 g/mol. The highest BCUT2D eigenvalue weighted by Gasteiger charge is 2.31. The number of nitrogens with two attached hydrogens (primary N) is 1. The molecule has 0 saturated heterocycles. The normalized spacial score (nSPS) is 13.8. The van der Waals surface area contributed by atoms with Crippen molar-refractivity contribution in [3.63, 3.8) is 0 Å². The Balaban J connectivity index is 2.40. The molecule has 7 heteroatoms. The van der Waals surface area contributed by atoms with Gasteiger partial charge in [0, 0.05) is 13.7 Å². The summed E-state index contributed by atoms with van der Waals surface area (Å²) >= 11 is 0. The van der Waals surface area contributed by atoms with Gasteiger partial charge in [-0.05, 0) is 24.1 Å². The second kappa shape index (κ2) is 5.32. The zero-order chi connectivity index (χ0) is 14.9. The molecule has 0 aliphatic heterocycles.